The number of aromatic amines is 1. The van der Waals surface area contributed by atoms with Crippen molar-refractivity contribution in [3.8, 4) is 5.75 Å². The van der Waals surface area contributed by atoms with E-state index >= 15 is 0 Å². The van der Waals surface area contributed by atoms with Crippen molar-refractivity contribution in [3.63, 3.8) is 0 Å². The Balaban J connectivity index is 1.28. The molecule has 0 aliphatic carbocycles. The van der Waals surface area contributed by atoms with Gasteiger partial charge in [-0.1, -0.05) is 6.07 Å². The van der Waals surface area contributed by atoms with E-state index in [2.05, 4.69) is 25.0 Å². The molecule has 0 spiro atoms. The number of para-hydroxylation sites is 1. The van der Waals surface area contributed by atoms with Gasteiger partial charge in [-0.3, -0.25) is 19.4 Å². The Morgan fingerprint density at radius 1 is 1.18 bits per heavy atom. The molecule has 3 aromatic rings. The van der Waals surface area contributed by atoms with E-state index in [4.69, 9.17) is 4.74 Å². The zero-order chi connectivity index (χ0) is 24.2. The fourth-order valence-electron chi connectivity index (χ4n) is 3.65. The van der Waals surface area contributed by atoms with E-state index in [-0.39, 0.29) is 47.5 Å². The summed E-state index contributed by atoms with van der Waals surface area (Å²) in [5.74, 6) is -0.137. The van der Waals surface area contributed by atoms with Gasteiger partial charge in [0.2, 0.25) is 5.91 Å². The summed E-state index contributed by atoms with van der Waals surface area (Å²) in [5, 5.41) is 3.29. The molecule has 11 nitrogen and oxygen atoms in total. The lowest BCUT2D eigenvalue weighted by Crippen LogP contribution is -2.61. The minimum Gasteiger partial charge on any atom is -0.494 e. The van der Waals surface area contributed by atoms with E-state index < -0.39 is 5.97 Å². The van der Waals surface area contributed by atoms with Gasteiger partial charge in [0.1, 0.15) is 22.8 Å². The first kappa shape index (κ1) is 22.9. The van der Waals surface area contributed by atoms with Crippen LogP contribution in [0.5, 0.6) is 5.75 Å². The number of esters is 1. The summed E-state index contributed by atoms with van der Waals surface area (Å²) < 4.78 is 9.88. The normalized spacial score (nSPS) is 13.3. The molecule has 2 amide bonds. The van der Waals surface area contributed by atoms with Crippen LogP contribution in [0, 0.1) is 0 Å². The van der Waals surface area contributed by atoms with Gasteiger partial charge in [-0.25, -0.2) is 9.78 Å². The Kier molecular flexibility index (Phi) is 6.53. The van der Waals surface area contributed by atoms with Gasteiger partial charge < -0.3 is 24.7 Å². The maximum absolute atomic E-state index is 12.5. The smallest absolute Gasteiger partial charge is 0.339 e. The SMILES string of the molecule is COC(=O)c1ccc(C(=O)N2CC(NC(=O)CCc3nc4c(OC)cccc4c(=O)[nH]3)C2)nc1. The molecule has 0 unspecified atom stereocenters. The first-order valence-corrected chi connectivity index (χ1v) is 10.6. The number of benzene rings is 1. The highest BCUT2D eigenvalue weighted by Crippen LogP contribution is 2.20. The number of pyridine rings is 1. The third-order valence-electron chi connectivity index (χ3n) is 5.49. The zero-order valence-electron chi connectivity index (χ0n) is 18.7. The number of aromatic nitrogens is 3. The van der Waals surface area contributed by atoms with E-state index in [0.29, 0.717) is 35.6 Å². The number of carbonyl (C=O) groups excluding carboxylic acids is 3. The minimum atomic E-state index is -0.527. The fourth-order valence-corrected chi connectivity index (χ4v) is 3.65. The number of fused-ring (bicyclic) bond motifs is 1. The number of hydrogen-bond donors (Lipinski definition) is 2. The average molecular weight is 465 g/mol. The number of nitrogens with zero attached hydrogens (tertiary/aromatic N) is 3. The third kappa shape index (κ3) is 4.72. The molecule has 11 heteroatoms. The fraction of sp³-hybridized carbons (Fsp3) is 0.304. The van der Waals surface area contributed by atoms with E-state index in [9.17, 15) is 19.2 Å². The lowest BCUT2D eigenvalue weighted by molar-refractivity contribution is -0.122. The standard InChI is InChI=1S/C23H23N5O6/c1-33-17-5-3-4-15-20(17)26-18(27-21(15)30)8-9-19(29)25-14-11-28(12-14)22(31)16-7-6-13(10-24-16)23(32)34-2/h3-7,10,14H,8-9,11-12H2,1-2H3,(H,25,29)(H,26,27,30). The lowest BCUT2D eigenvalue weighted by Gasteiger charge is -2.39. The summed E-state index contributed by atoms with van der Waals surface area (Å²) in [6, 6.07) is 7.86. The first-order valence-electron chi connectivity index (χ1n) is 10.6. The van der Waals surface area contributed by atoms with Gasteiger partial charge in [-0.2, -0.15) is 0 Å². The largest absolute Gasteiger partial charge is 0.494 e. The number of hydrogen-bond acceptors (Lipinski definition) is 8. The third-order valence-corrected chi connectivity index (χ3v) is 5.49. The van der Waals surface area contributed by atoms with Crippen molar-refractivity contribution < 1.29 is 23.9 Å². The van der Waals surface area contributed by atoms with Crippen LogP contribution in [-0.2, 0) is 16.0 Å². The quantitative estimate of drug-likeness (QED) is 0.485. The Morgan fingerprint density at radius 2 is 1.97 bits per heavy atom. The summed E-state index contributed by atoms with van der Waals surface area (Å²) in [4.78, 5) is 61.3. The van der Waals surface area contributed by atoms with Crippen LogP contribution in [0.2, 0.25) is 0 Å². The topological polar surface area (TPSA) is 144 Å². The Morgan fingerprint density at radius 3 is 2.65 bits per heavy atom. The number of amides is 2. The van der Waals surface area contributed by atoms with Gasteiger partial charge >= 0.3 is 5.97 Å². The Labute approximate surface area is 194 Å². The number of likely N-dealkylation sites (tertiary alicyclic amines) is 1. The van der Waals surface area contributed by atoms with Crippen molar-refractivity contribution in [2.24, 2.45) is 0 Å². The predicted molar refractivity (Wildman–Crippen MR) is 121 cm³/mol. The molecular formula is C23H23N5O6. The lowest BCUT2D eigenvalue weighted by atomic mass is 10.1. The molecule has 0 saturated carbocycles. The average Bonchev–Trinajstić information content (AvgIpc) is 2.83. The van der Waals surface area contributed by atoms with Gasteiger partial charge in [0.25, 0.3) is 11.5 Å². The molecular weight excluding hydrogens is 442 g/mol. The van der Waals surface area contributed by atoms with Crippen molar-refractivity contribution in [1.29, 1.82) is 0 Å². The Bertz CT molecular complexity index is 1300. The molecule has 0 radical (unpaired) electrons. The van der Waals surface area contributed by atoms with Crippen LogP contribution in [0.15, 0.2) is 41.3 Å². The summed E-state index contributed by atoms with van der Waals surface area (Å²) in [5.41, 5.74) is 0.624. The van der Waals surface area contributed by atoms with Crippen molar-refractivity contribution in [2.75, 3.05) is 27.3 Å². The minimum absolute atomic E-state index is 0.130. The van der Waals surface area contributed by atoms with Gasteiger partial charge in [0.05, 0.1) is 31.2 Å². The van der Waals surface area contributed by atoms with Crippen molar-refractivity contribution >= 4 is 28.7 Å². The maximum atomic E-state index is 12.5. The highest BCUT2D eigenvalue weighted by atomic mass is 16.5. The molecule has 1 fully saturated rings. The van der Waals surface area contributed by atoms with Crippen molar-refractivity contribution in [3.05, 3.63) is 64.0 Å². The van der Waals surface area contributed by atoms with Gasteiger partial charge in [0.15, 0.2) is 0 Å². The molecule has 1 aromatic carbocycles. The van der Waals surface area contributed by atoms with Crippen LogP contribution in [0.1, 0.15) is 33.1 Å². The number of aryl methyl sites for hydroxylation is 1. The van der Waals surface area contributed by atoms with Crippen LogP contribution in [0.25, 0.3) is 10.9 Å². The molecule has 1 aliphatic rings. The van der Waals surface area contributed by atoms with E-state index in [1.54, 1.807) is 23.1 Å². The van der Waals surface area contributed by atoms with Gasteiger partial charge in [-0.15, -0.1) is 0 Å². The van der Waals surface area contributed by atoms with Crippen LogP contribution in [-0.4, -0.2) is 71.0 Å². The molecule has 1 saturated heterocycles. The summed E-state index contributed by atoms with van der Waals surface area (Å²) >= 11 is 0. The molecule has 34 heavy (non-hydrogen) atoms. The maximum Gasteiger partial charge on any atom is 0.339 e. The Hall–Kier alpha value is -4.28. The second kappa shape index (κ2) is 9.69. The van der Waals surface area contributed by atoms with Crippen molar-refractivity contribution in [1.82, 2.24) is 25.2 Å². The molecule has 4 rings (SSSR count). The number of carbonyl (C=O) groups is 3. The molecule has 1 aliphatic heterocycles. The molecule has 176 valence electrons. The molecule has 0 atom stereocenters. The number of nitrogens with one attached hydrogen (secondary N) is 2. The summed E-state index contributed by atoms with van der Waals surface area (Å²) in [6.07, 6.45) is 1.67. The molecule has 0 bridgehead atoms. The number of ether oxygens (including phenoxy) is 2. The van der Waals surface area contributed by atoms with Crippen LogP contribution in [0.3, 0.4) is 0 Å². The predicted octanol–water partition coefficient (Wildman–Crippen LogP) is 0.687. The van der Waals surface area contributed by atoms with E-state index in [1.807, 2.05) is 0 Å². The first-order chi connectivity index (χ1) is 16.4. The monoisotopic (exact) mass is 465 g/mol. The molecule has 2 aromatic heterocycles. The van der Waals surface area contributed by atoms with Crippen molar-refractivity contribution in [2.45, 2.75) is 18.9 Å². The number of rotatable bonds is 7. The van der Waals surface area contributed by atoms with Crippen LogP contribution >= 0.6 is 0 Å². The van der Waals surface area contributed by atoms with Gasteiger partial charge in [0, 0.05) is 32.1 Å². The number of methoxy groups -OCH3 is 2. The second-order valence-corrected chi connectivity index (χ2v) is 7.77. The summed E-state index contributed by atoms with van der Waals surface area (Å²) in [6.45, 7) is 0.709. The zero-order valence-corrected chi connectivity index (χ0v) is 18.7. The van der Waals surface area contributed by atoms with Crippen LogP contribution in [0.4, 0.5) is 0 Å². The second-order valence-electron chi connectivity index (χ2n) is 7.77. The highest BCUT2D eigenvalue weighted by molar-refractivity contribution is 5.94. The molecule has 2 N–H and O–H groups in total. The summed E-state index contributed by atoms with van der Waals surface area (Å²) in [7, 11) is 2.77. The highest BCUT2D eigenvalue weighted by Gasteiger charge is 2.32. The van der Waals surface area contributed by atoms with E-state index in [0.717, 1.165) is 0 Å². The van der Waals surface area contributed by atoms with Gasteiger partial charge in [-0.05, 0) is 24.3 Å². The molecule has 3 heterocycles. The van der Waals surface area contributed by atoms with E-state index in [1.165, 1.54) is 32.5 Å². The number of H-pyrrole nitrogens is 1. The van der Waals surface area contributed by atoms with Crippen LogP contribution < -0.4 is 15.6 Å².